The number of hydrogen-bond donors (Lipinski definition) is 2. The molecular weight excluding hydrogens is 284 g/mol. The number of aromatic nitrogens is 2. The predicted molar refractivity (Wildman–Crippen MR) is 88.3 cm³/mol. The van der Waals surface area contributed by atoms with Crippen molar-refractivity contribution >= 4 is 28.7 Å². The van der Waals surface area contributed by atoms with Gasteiger partial charge < -0.3 is 15.8 Å². The Bertz CT molecular complexity index is 673. The van der Waals surface area contributed by atoms with E-state index in [-0.39, 0.29) is 0 Å². The number of hydrogen-bond acceptors (Lipinski definition) is 5. The molecule has 21 heavy (non-hydrogen) atoms. The van der Waals surface area contributed by atoms with Crippen LogP contribution in [-0.2, 0) is 0 Å². The molecule has 0 fully saturated rings. The largest absolute Gasteiger partial charge is 0.494 e. The van der Waals surface area contributed by atoms with Crippen LogP contribution in [0.15, 0.2) is 24.3 Å². The molecule has 0 aliphatic carbocycles. The van der Waals surface area contributed by atoms with Gasteiger partial charge in [-0.15, -0.1) is 5.10 Å². The summed E-state index contributed by atoms with van der Waals surface area (Å²) in [4.78, 5) is 0.300. The van der Waals surface area contributed by atoms with Gasteiger partial charge in [-0.05, 0) is 38.5 Å². The van der Waals surface area contributed by atoms with Crippen LogP contribution in [0.5, 0.6) is 5.75 Å². The molecule has 0 spiro atoms. The van der Waals surface area contributed by atoms with Crippen LogP contribution < -0.4 is 15.8 Å². The van der Waals surface area contributed by atoms with Crippen LogP contribution in [-0.4, -0.2) is 21.8 Å². The van der Waals surface area contributed by atoms with E-state index in [1.54, 1.807) is 0 Å². The van der Waals surface area contributed by atoms with Gasteiger partial charge in [-0.3, -0.25) is 0 Å². The number of aryl methyl sites for hydroxylation is 1. The van der Waals surface area contributed by atoms with Crippen LogP contribution in [0, 0.1) is 13.8 Å². The summed E-state index contributed by atoms with van der Waals surface area (Å²) in [5, 5.41) is 11.5. The van der Waals surface area contributed by atoms with Crippen LogP contribution >= 0.6 is 12.2 Å². The third-order valence-electron chi connectivity index (χ3n) is 3.11. The molecule has 1 aromatic heterocycles. The molecule has 0 unspecified atom stereocenters. The second kappa shape index (κ2) is 6.49. The first-order valence-corrected chi connectivity index (χ1v) is 7.07. The molecule has 1 heterocycles. The third-order valence-corrected chi connectivity index (χ3v) is 3.31. The number of benzene rings is 1. The number of anilines is 2. The molecule has 6 heteroatoms. The monoisotopic (exact) mass is 302 g/mol. The highest BCUT2D eigenvalue weighted by molar-refractivity contribution is 7.80. The van der Waals surface area contributed by atoms with E-state index in [4.69, 9.17) is 22.7 Å². The van der Waals surface area contributed by atoms with Crippen molar-refractivity contribution in [1.82, 2.24) is 10.2 Å². The number of nitrogens with zero attached hydrogens (tertiary/aromatic N) is 2. The fraction of sp³-hybridized carbons (Fsp3) is 0.267. The maximum Gasteiger partial charge on any atom is 0.163 e. The molecule has 2 aromatic rings. The van der Waals surface area contributed by atoms with Crippen molar-refractivity contribution in [3.63, 3.8) is 0 Å². The summed E-state index contributed by atoms with van der Waals surface area (Å²) < 4.78 is 5.48. The van der Waals surface area contributed by atoms with E-state index in [1.807, 2.05) is 45.0 Å². The average Bonchev–Trinajstić information content (AvgIpc) is 2.43. The highest BCUT2D eigenvalue weighted by atomic mass is 32.1. The van der Waals surface area contributed by atoms with Gasteiger partial charge in [-0.1, -0.05) is 18.3 Å². The summed E-state index contributed by atoms with van der Waals surface area (Å²) in [7, 11) is 0. The molecule has 0 saturated heterocycles. The van der Waals surface area contributed by atoms with Crippen LogP contribution in [0.4, 0.5) is 11.5 Å². The zero-order valence-electron chi connectivity index (χ0n) is 12.3. The number of rotatable bonds is 5. The zero-order chi connectivity index (χ0) is 15.4. The normalized spacial score (nSPS) is 10.2. The SMILES string of the molecule is CCOc1cccc(Nc2nnc(C)c(C)c2C(N)=S)c1. The molecule has 0 saturated carbocycles. The summed E-state index contributed by atoms with van der Waals surface area (Å²) >= 11 is 5.13. The van der Waals surface area contributed by atoms with E-state index in [0.29, 0.717) is 17.4 Å². The average molecular weight is 302 g/mol. The van der Waals surface area contributed by atoms with Gasteiger partial charge in [0, 0.05) is 11.8 Å². The van der Waals surface area contributed by atoms with Gasteiger partial charge in [0.15, 0.2) is 5.82 Å². The fourth-order valence-corrected chi connectivity index (χ4v) is 2.21. The van der Waals surface area contributed by atoms with Gasteiger partial charge in [-0.25, -0.2) is 0 Å². The minimum absolute atomic E-state index is 0.300. The van der Waals surface area contributed by atoms with Gasteiger partial charge >= 0.3 is 0 Å². The first kappa shape index (κ1) is 15.2. The molecule has 0 aliphatic rings. The van der Waals surface area contributed by atoms with Crippen molar-refractivity contribution in [2.75, 3.05) is 11.9 Å². The number of nitrogens with one attached hydrogen (secondary N) is 1. The van der Waals surface area contributed by atoms with E-state index in [9.17, 15) is 0 Å². The Kier molecular flexibility index (Phi) is 4.70. The summed E-state index contributed by atoms with van der Waals surface area (Å²) in [5.74, 6) is 1.34. The topological polar surface area (TPSA) is 73.1 Å². The standard InChI is InChI=1S/C15H18N4OS/c1-4-20-12-7-5-6-11(8-12)17-15-13(14(16)21)9(2)10(3)18-19-15/h5-8H,4H2,1-3H3,(H2,16,21)(H,17,19). The second-order valence-corrected chi connectivity index (χ2v) is 5.02. The molecule has 0 bridgehead atoms. The maximum absolute atomic E-state index is 5.81. The van der Waals surface area contributed by atoms with Crippen LogP contribution in [0.25, 0.3) is 0 Å². The second-order valence-electron chi connectivity index (χ2n) is 4.58. The van der Waals surface area contributed by atoms with Gasteiger partial charge in [0.25, 0.3) is 0 Å². The van der Waals surface area contributed by atoms with Crippen molar-refractivity contribution in [2.24, 2.45) is 5.73 Å². The lowest BCUT2D eigenvalue weighted by Crippen LogP contribution is -2.16. The van der Waals surface area contributed by atoms with Crippen molar-refractivity contribution in [3.8, 4) is 5.75 Å². The molecule has 2 rings (SSSR count). The van der Waals surface area contributed by atoms with Crippen LogP contribution in [0.1, 0.15) is 23.7 Å². The zero-order valence-corrected chi connectivity index (χ0v) is 13.1. The van der Waals surface area contributed by atoms with Crippen molar-refractivity contribution < 1.29 is 4.74 Å². The quantitative estimate of drug-likeness (QED) is 0.827. The molecule has 0 atom stereocenters. The summed E-state index contributed by atoms with van der Waals surface area (Å²) in [5.41, 5.74) is 9.12. The van der Waals surface area contributed by atoms with Crippen LogP contribution in [0.2, 0.25) is 0 Å². The van der Waals surface area contributed by atoms with Gasteiger partial charge in [0.05, 0.1) is 17.9 Å². The predicted octanol–water partition coefficient (Wildman–Crippen LogP) is 2.87. The Morgan fingerprint density at radius 2 is 2.10 bits per heavy atom. The van der Waals surface area contributed by atoms with Crippen molar-refractivity contribution in [2.45, 2.75) is 20.8 Å². The summed E-state index contributed by atoms with van der Waals surface area (Å²) in [6.07, 6.45) is 0. The van der Waals surface area contributed by atoms with Crippen molar-refractivity contribution in [1.29, 1.82) is 0 Å². The molecule has 0 aliphatic heterocycles. The lowest BCUT2D eigenvalue weighted by atomic mass is 10.1. The lowest BCUT2D eigenvalue weighted by molar-refractivity contribution is 0.340. The van der Waals surface area contributed by atoms with Gasteiger partial charge in [0.2, 0.25) is 0 Å². The van der Waals surface area contributed by atoms with E-state index in [2.05, 4.69) is 15.5 Å². The van der Waals surface area contributed by atoms with Gasteiger partial charge in [-0.2, -0.15) is 5.10 Å². The number of ether oxygens (including phenoxy) is 1. The maximum atomic E-state index is 5.81. The lowest BCUT2D eigenvalue weighted by Gasteiger charge is -2.13. The Morgan fingerprint density at radius 1 is 1.33 bits per heavy atom. The summed E-state index contributed by atoms with van der Waals surface area (Å²) in [6.45, 7) is 6.37. The molecule has 0 radical (unpaired) electrons. The molecule has 0 amide bonds. The molecule has 3 N–H and O–H groups in total. The van der Waals surface area contributed by atoms with Crippen molar-refractivity contribution in [3.05, 3.63) is 41.1 Å². The fourth-order valence-electron chi connectivity index (χ4n) is 1.96. The third kappa shape index (κ3) is 3.46. The summed E-state index contributed by atoms with van der Waals surface area (Å²) in [6, 6.07) is 7.62. The molecule has 1 aromatic carbocycles. The van der Waals surface area contributed by atoms with E-state index < -0.39 is 0 Å². The highest BCUT2D eigenvalue weighted by Crippen LogP contribution is 2.24. The Morgan fingerprint density at radius 3 is 2.76 bits per heavy atom. The first-order chi connectivity index (χ1) is 10.0. The van der Waals surface area contributed by atoms with E-state index in [1.165, 1.54) is 0 Å². The van der Waals surface area contributed by atoms with Gasteiger partial charge in [0.1, 0.15) is 10.7 Å². The van der Waals surface area contributed by atoms with E-state index >= 15 is 0 Å². The van der Waals surface area contributed by atoms with Crippen LogP contribution in [0.3, 0.4) is 0 Å². The molecular formula is C15H18N4OS. The molecule has 5 nitrogen and oxygen atoms in total. The highest BCUT2D eigenvalue weighted by Gasteiger charge is 2.14. The first-order valence-electron chi connectivity index (χ1n) is 6.66. The minimum Gasteiger partial charge on any atom is -0.494 e. The Balaban J connectivity index is 2.37. The molecule has 110 valence electrons. The van der Waals surface area contributed by atoms with E-state index in [0.717, 1.165) is 28.3 Å². The Labute approximate surface area is 129 Å². The minimum atomic E-state index is 0.300. The number of nitrogens with two attached hydrogens (primary N) is 1. The Hall–Kier alpha value is -2.21. The number of thiocarbonyl (C=S) groups is 1. The smallest absolute Gasteiger partial charge is 0.163 e.